The van der Waals surface area contributed by atoms with Crippen molar-refractivity contribution in [1.82, 2.24) is 20.2 Å². The summed E-state index contributed by atoms with van der Waals surface area (Å²) >= 11 is 0. The minimum atomic E-state index is 0.306. The summed E-state index contributed by atoms with van der Waals surface area (Å²) in [5, 5.41) is 14.8. The van der Waals surface area contributed by atoms with Crippen molar-refractivity contribution in [1.29, 1.82) is 0 Å². The van der Waals surface area contributed by atoms with Crippen LogP contribution in [0.25, 0.3) is 5.69 Å². The molecule has 0 saturated carbocycles. The Hall–Kier alpha value is -2.89. The fraction of sp³-hybridized carbons (Fsp3) is 0.133. The monoisotopic (exact) mass is 281 g/mol. The van der Waals surface area contributed by atoms with Crippen LogP contribution in [0.3, 0.4) is 0 Å². The van der Waals surface area contributed by atoms with Crippen LogP contribution in [-0.4, -0.2) is 27.3 Å². The number of benzene rings is 2. The van der Waals surface area contributed by atoms with Gasteiger partial charge in [0.15, 0.2) is 5.82 Å². The van der Waals surface area contributed by atoms with Crippen molar-refractivity contribution >= 4 is 5.69 Å². The second-order valence-electron chi connectivity index (χ2n) is 4.41. The number of nitrogens with zero attached hydrogens (tertiary/aromatic N) is 4. The number of nitrogens with one attached hydrogen (secondary N) is 1. The van der Waals surface area contributed by atoms with Crippen molar-refractivity contribution in [2.45, 2.75) is 6.61 Å². The van der Waals surface area contributed by atoms with E-state index in [-0.39, 0.29) is 0 Å². The fourth-order valence-corrected chi connectivity index (χ4v) is 1.93. The molecule has 0 radical (unpaired) electrons. The lowest BCUT2D eigenvalue weighted by atomic mass is 10.3. The summed E-state index contributed by atoms with van der Waals surface area (Å²) in [4.78, 5) is 0. The molecule has 6 nitrogen and oxygen atoms in total. The van der Waals surface area contributed by atoms with Gasteiger partial charge in [-0.2, -0.15) is 4.68 Å². The van der Waals surface area contributed by atoms with Gasteiger partial charge in [-0.3, -0.25) is 0 Å². The van der Waals surface area contributed by atoms with Crippen LogP contribution in [0.15, 0.2) is 54.6 Å². The Labute approximate surface area is 122 Å². The largest absolute Gasteiger partial charge is 0.486 e. The highest BCUT2D eigenvalue weighted by atomic mass is 16.5. The number of para-hydroxylation sites is 1. The summed E-state index contributed by atoms with van der Waals surface area (Å²) in [5.74, 6) is 1.43. The zero-order valence-corrected chi connectivity index (χ0v) is 11.6. The molecule has 6 heteroatoms. The van der Waals surface area contributed by atoms with Gasteiger partial charge in [0.2, 0.25) is 0 Å². The third-order valence-corrected chi connectivity index (χ3v) is 3.05. The highest BCUT2D eigenvalue weighted by Crippen LogP contribution is 2.16. The summed E-state index contributed by atoms with van der Waals surface area (Å²) in [5.41, 5.74) is 1.95. The zero-order chi connectivity index (χ0) is 14.5. The average molecular weight is 281 g/mol. The molecule has 0 atom stereocenters. The molecule has 0 spiro atoms. The van der Waals surface area contributed by atoms with E-state index in [0.29, 0.717) is 12.4 Å². The average Bonchev–Trinajstić information content (AvgIpc) is 3.03. The van der Waals surface area contributed by atoms with Gasteiger partial charge in [-0.1, -0.05) is 18.2 Å². The summed E-state index contributed by atoms with van der Waals surface area (Å²) in [7, 11) is 1.88. The Kier molecular flexibility index (Phi) is 3.77. The summed E-state index contributed by atoms with van der Waals surface area (Å²) in [6.07, 6.45) is 0. The van der Waals surface area contributed by atoms with Gasteiger partial charge in [-0.15, -0.1) is 5.10 Å². The van der Waals surface area contributed by atoms with Gasteiger partial charge in [0.25, 0.3) is 0 Å². The summed E-state index contributed by atoms with van der Waals surface area (Å²) in [6.45, 7) is 0.306. The van der Waals surface area contributed by atoms with Gasteiger partial charge in [-0.25, -0.2) is 0 Å². The zero-order valence-electron chi connectivity index (χ0n) is 11.6. The van der Waals surface area contributed by atoms with E-state index in [1.165, 1.54) is 0 Å². The van der Waals surface area contributed by atoms with Gasteiger partial charge < -0.3 is 10.1 Å². The van der Waals surface area contributed by atoms with Crippen molar-refractivity contribution in [2.75, 3.05) is 12.4 Å². The van der Waals surface area contributed by atoms with Crippen LogP contribution in [0.2, 0.25) is 0 Å². The number of aromatic nitrogens is 4. The number of ether oxygens (including phenoxy) is 1. The molecule has 0 fully saturated rings. The Morgan fingerprint density at radius 1 is 1.05 bits per heavy atom. The Morgan fingerprint density at radius 3 is 2.52 bits per heavy atom. The molecule has 21 heavy (non-hydrogen) atoms. The lowest BCUT2D eigenvalue weighted by Gasteiger charge is -2.07. The van der Waals surface area contributed by atoms with E-state index in [0.717, 1.165) is 17.1 Å². The molecule has 0 aliphatic heterocycles. The van der Waals surface area contributed by atoms with Crippen molar-refractivity contribution < 1.29 is 4.74 Å². The summed E-state index contributed by atoms with van der Waals surface area (Å²) in [6, 6.07) is 17.4. The first-order valence-corrected chi connectivity index (χ1v) is 6.60. The van der Waals surface area contributed by atoms with Gasteiger partial charge >= 0.3 is 0 Å². The van der Waals surface area contributed by atoms with Gasteiger partial charge in [-0.05, 0) is 46.8 Å². The van der Waals surface area contributed by atoms with Crippen molar-refractivity contribution in [3.63, 3.8) is 0 Å². The van der Waals surface area contributed by atoms with Crippen LogP contribution < -0.4 is 10.1 Å². The number of hydrogen-bond donors (Lipinski definition) is 1. The van der Waals surface area contributed by atoms with E-state index < -0.39 is 0 Å². The molecule has 0 aliphatic carbocycles. The van der Waals surface area contributed by atoms with Crippen LogP contribution in [0.5, 0.6) is 5.75 Å². The number of anilines is 1. The van der Waals surface area contributed by atoms with E-state index in [2.05, 4.69) is 20.8 Å². The van der Waals surface area contributed by atoms with Gasteiger partial charge in [0.05, 0.1) is 5.69 Å². The second-order valence-corrected chi connectivity index (χ2v) is 4.41. The van der Waals surface area contributed by atoms with Crippen LogP contribution in [0.1, 0.15) is 5.82 Å². The van der Waals surface area contributed by atoms with Crippen molar-refractivity contribution in [3.05, 3.63) is 60.4 Å². The minimum Gasteiger partial charge on any atom is -0.486 e. The van der Waals surface area contributed by atoms with Crippen LogP contribution in [0.4, 0.5) is 5.69 Å². The van der Waals surface area contributed by atoms with Gasteiger partial charge in [0, 0.05) is 12.7 Å². The Bertz CT molecular complexity index is 694. The third kappa shape index (κ3) is 3.00. The molecule has 3 rings (SSSR count). The van der Waals surface area contributed by atoms with Crippen LogP contribution in [-0.2, 0) is 6.61 Å². The fourth-order valence-electron chi connectivity index (χ4n) is 1.93. The van der Waals surface area contributed by atoms with Crippen LogP contribution in [0, 0.1) is 0 Å². The van der Waals surface area contributed by atoms with E-state index in [4.69, 9.17) is 4.74 Å². The Morgan fingerprint density at radius 2 is 1.81 bits per heavy atom. The molecule has 2 aromatic carbocycles. The van der Waals surface area contributed by atoms with E-state index in [1.807, 2.05) is 61.6 Å². The highest BCUT2D eigenvalue weighted by Gasteiger charge is 2.08. The Balaban J connectivity index is 1.72. The van der Waals surface area contributed by atoms with E-state index >= 15 is 0 Å². The second kappa shape index (κ2) is 6.04. The molecule has 0 amide bonds. The van der Waals surface area contributed by atoms with E-state index in [1.54, 1.807) is 4.68 Å². The summed E-state index contributed by atoms with van der Waals surface area (Å²) < 4.78 is 7.39. The molecule has 1 N–H and O–H groups in total. The molecule has 0 aliphatic rings. The SMILES string of the molecule is CNc1ccc(OCc2nnnn2-c2ccccc2)cc1. The predicted octanol–water partition coefficient (Wildman–Crippen LogP) is 2.28. The smallest absolute Gasteiger partial charge is 0.194 e. The normalized spacial score (nSPS) is 10.3. The molecule has 106 valence electrons. The molecule has 0 saturated heterocycles. The lowest BCUT2D eigenvalue weighted by Crippen LogP contribution is -2.06. The minimum absolute atomic E-state index is 0.306. The third-order valence-electron chi connectivity index (χ3n) is 3.05. The first-order chi connectivity index (χ1) is 10.4. The maximum atomic E-state index is 5.72. The molecule has 1 aromatic heterocycles. The first kappa shape index (κ1) is 13.1. The van der Waals surface area contributed by atoms with Gasteiger partial charge in [0.1, 0.15) is 12.4 Å². The molecule has 0 bridgehead atoms. The molecule has 0 unspecified atom stereocenters. The maximum absolute atomic E-state index is 5.72. The van der Waals surface area contributed by atoms with Crippen molar-refractivity contribution in [3.8, 4) is 11.4 Å². The molecule has 1 heterocycles. The quantitative estimate of drug-likeness (QED) is 0.777. The molecular weight excluding hydrogens is 266 g/mol. The topological polar surface area (TPSA) is 64.9 Å². The number of rotatable bonds is 5. The maximum Gasteiger partial charge on any atom is 0.194 e. The molecule has 3 aromatic rings. The molecular formula is C15H15N5O. The van der Waals surface area contributed by atoms with E-state index in [9.17, 15) is 0 Å². The highest BCUT2D eigenvalue weighted by molar-refractivity contribution is 5.45. The standard InChI is InChI=1S/C15H15N5O/c1-16-12-7-9-14(10-8-12)21-11-15-17-18-19-20(15)13-5-3-2-4-6-13/h2-10,16H,11H2,1H3. The lowest BCUT2D eigenvalue weighted by molar-refractivity contribution is 0.292. The number of hydrogen-bond acceptors (Lipinski definition) is 5. The number of tetrazole rings is 1. The van der Waals surface area contributed by atoms with Crippen LogP contribution >= 0.6 is 0 Å². The predicted molar refractivity (Wildman–Crippen MR) is 79.5 cm³/mol. The van der Waals surface area contributed by atoms with Crippen molar-refractivity contribution in [2.24, 2.45) is 0 Å². The first-order valence-electron chi connectivity index (χ1n) is 6.60.